The van der Waals surface area contributed by atoms with E-state index in [4.69, 9.17) is 21.7 Å². The molecule has 0 saturated heterocycles. The largest absolute Gasteiger partial charge is 0.486 e. The van der Waals surface area contributed by atoms with Crippen LogP contribution in [0.5, 0.6) is 11.5 Å². The maximum Gasteiger partial charge on any atom is 0.253 e. The summed E-state index contributed by atoms with van der Waals surface area (Å²) in [5.41, 5.74) is 1.25. The molecule has 0 spiro atoms. The van der Waals surface area contributed by atoms with Crippen LogP contribution in [-0.4, -0.2) is 35.3 Å². The highest BCUT2D eigenvalue weighted by atomic mass is 32.1. The van der Waals surface area contributed by atoms with Crippen LogP contribution in [-0.2, 0) is 13.1 Å². The lowest BCUT2D eigenvalue weighted by Crippen LogP contribution is -2.38. The monoisotopic (exact) mass is 401 g/mol. The lowest BCUT2D eigenvalue weighted by atomic mass is 10.1. The Morgan fingerprint density at radius 3 is 2.74 bits per heavy atom. The van der Waals surface area contributed by atoms with E-state index in [1.807, 2.05) is 34.5 Å². The SMILES string of the molecule is CNC(=S)N(Cc1cccs1)Cc1cc2cc3c(cc2[nH]c1=O)OCCO3. The van der Waals surface area contributed by atoms with E-state index in [2.05, 4.69) is 16.4 Å². The Balaban J connectivity index is 1.67. The summed E-state index contributed by atoms with van der Waals surface area (Å²) < 4.78 is 11.2. The minimum Gasteiger partial charge on any atom is -0.486 e. The number of benzene rings is 1. The molecule has 3 heterocycles. The van der Waals surface area contributed by atoms with Crippen LogP contribution in [0, 0.1) is 0 Å². The fourth-order valence-corrected chi connectivity index (χ4v) is 3.91. The quantitative estimate of drug-likeness (QED) is 0.656. The van der Waals surface area contributed by atoms with Gasteiger partial charge in [0.2, 0.25) is 0 Å². The van der Waals surface area contributed by atoms with Crippen molar-refractivity contribution < 1.29 is 9.47 Å². The number of H-pyrrole nitrogens is 1. The molecule has 3 aromatic rings. The second-order valence-corrected chi connectivity index (χ2v) is 7.62. The number of thiocarbonyl (C=S) groups is 1. The number of pyridine rings is 1. The first-order chi connectivity index (χ1) is 13.1. The number of aromatic nitrogens is 1. The lowest BCUT2D eigenvalue weighted by molar-refractivity contribution is 0.172. The summed E-state index contributed by atoms with van der Waals surface area (Å²) in [6.07, 6.45) is 0. The minimum atomic E-state index is -0.130. The Morgan fingerprint density at radius 1 is 1.26 bits per heavy atom. The van der Waals surface area contributed by atoms with E-state index >= 15 is 0 Å². The van der Waals surface area contributed by atoms with Crippen LogP contribution in [0.2, 0.25) is 0 Å². The minimum absolute atomic E-state index is 0.130. The Morgan fingerprint density at radius 2 is 2.04 bits per heavy atom. The van der Waals surface area contributed by atoms with E-state index < -0.39 is 0 Å². The predicted octanol–water partition coefficient (Wildman–Crippen LogP) is 2.87. The molecule has 0 radical (unpaired) electrons. The molecule has 0 amide bonds. The molecule has 8 heteroatoms. The normalized spacial score (nSPS) is 12.8. The lowest BCUT2D eigenvalue weighted by Gasteiger charge is -2.24. The Bertz CT molecular complexity index is 1030. The van der Waals surface area contributed by atoms with Gasteiger partial charge in [-0.15, -0.1) is 11.3 Å². The average molecular weight is 402 g/mol. The van der Waals surface area contributed by atoms with Crippen LogP contribution < -0.4 is 20.3 Å². The zero-order valence-electron chi connectivity index (χ0n) is 14.8. The molecule has 4 rings (SSSR count). The Labute approximate surface area is 165 Å². The van der Waals surface area contributed by atoms with Crippen molar-refractivity contribution in [1.29, 1.82) is 0 Å². The van der Waals surface area contributed by atoms with Gasteiger partial charge in [0.05, 0.1) is 18.6 Å². The number of nitrogens with zero attached hydrogens (tertiary/aromatic N) is 1. The van der Waals surface area contributed by atoms with E-state index in [9.17, 15) is 4.79 Å². The van der Waals surface area contributed by atoms with Gasteiger partial charge in [0, 0.05) is 28.9 Å². The number of fused-ring (bicyclic) bond motifs is 2. The summed E-state index contributed by atoms with van der Waals surface area (Å²) in [6, 6.07) is 9.69. The molecule has 1 aliphatic heterocycles. The third-order valence-electron chi connectivity index (χ3n) is 4.37. The number of ether oxygens (including phenoxy) is 2. The van der Waals surface area contributed by atoms with Crippen molar-refractivity contribution in [3.8, 4) is 11.5 Å². The number of hydrogen-bond acceptors (Lipinski definition) is 5. The van der Waals surface area contributed by atoms with Crippen molar-refractivity contribution in [2.24, 2.45) is 0 Å². The number of nitrogens with one attached hydrogen (secondary N) is 2. The molecule has 0 fully saturated rings. The van der Waals surface area contributed by atoms with Crippen LogP contribution in [0.15, 0.2) is 40.5 Å². The molecule has 2 N–H and O–H groups in total. The topological polar surface area (TPSA) is 66.6 Å². The third kappa shape index (κ3) is 3.77. The molecule has 0 saturated carbocycles. The van der Waals surface area contributed by atoms with E-state index in [0.29, 0.717) is 48.5 Å². The Kier molecular flexibility index (Phi) is 5.00. The molecular formula is C19H19N3O3S2. The van der Waals surface area contributed by atoms with Gasteiger partial charge >= 0.3 is 0 Å². The van der Waals surface area contributed by atoms with Crippen LogP contribution >= 0.6 is 23.6 Å². The second-order valence-electron chi connectivity index (χ2n) is 6.20. The maximum atomic E-state index is 12.6. The molecular weight excluding hydrogens is 382 g/mol. The molecule has 1 aliphatic rings. The molecule has 6 nitrogen and oxygen atoms in total. The van der Waals surface area contributed by atoms with Gasteiger partial charge in [-0.05, 0) is 35.8 Å². The van der Waals surface area contributed by atoms with Crippen LogP contribution in [0.4, 0.5) is 0 Å². The zero-order chi connectivity index (χ0) is 18.8. The Hall–Kier alpha value is -2.58. The summed E-state index contributed by atoms with van der Waals surface area (Å²) in [4.78, 5) is 18.8. The third-order valence-corrected chi connectivity index (χ3v) is 5.70. The van der Waals surface area contributed by atoms with Gasteiger partial charge in [-0.25, -0.2) is 0 Å². The standard InChI is InChI=1S/C19H19N3O3S2/c1-20-19(26)22(11-14-3-2-6-27-14)10-13-7-12-8-16-17(25-5-4-24-16)9-15(12)21-18(13)23/h2-3,6-9H,4-5,10-11H2,1H3,(H,20,26)(H,21,23). The average Bonchev–Trinajstić information content (AvgIpc) is 3.19. The van der Waals surface area contributed by atoms with Crippen molar-refractivity contribution in [1.82, 2.24) is 15.2 Å². The van der Waals surface area contributed by atoms with Gasteiger partial charge in [0.25, 0.3) is 5.56 Å². The fourth-order valence-electron chi connectivity index (χ4n) is 3.06. The second kappa shape index (κ2) is 7.58. The van der Waals surface area contributed by atoms with Gasteiger partial charge in [-0.2, -0.15) is 0 Å². The molecule has 27 heavy (non-hydrogen) atoms. The summed E-state index contributed by atoms with van der Waals surface area (Å²) in [6.45, 7) is 2.10. The first-order valence-electron chi connectivity index (χ1n) is 8.58. The number of rotatable bonds is 4. The van der Waals surface area contributed by atoms with Crippen molar-refractivity contribution in [3.63, 3.8) is 0 Å². The van der Waals surface area contributed by atoms with Gasteiger partial charge in [0.1, 0.15) is 13.2 Å². The first kappa shape index (κ1) is 17.8. The maximum absolute atomic E-state index is 12.6. The number of hydrogen-bond donors (Lipinski definition) is 2. The van der Waals surface area contributed by atoms with E-state index in [-0.39, 0.29) is 5.56 Å². The molecule has 0 atom stereocenters. The highest BCUT2D eigenvalue weighted by Crippen LogP contribution is 2.33. The molecule has 0 aliphatic carbocycles. The van der Waals surface area contributed by atoms with Gasteiger partial charge in [0.15, 0.2) is 16.6 Å². The van der Waals surface area contributed by atoms with Crippen molar-refractivity contribution in [2.75, 3.05) is 20.3 Å². The number of thiophene rings is 1. The summed E-state index contributed by atoms with van der Waals surface area (Å²) in [5, 5.41) is 6.55. The van der Waals surface area contributed by atoms with Crippen LogP contribution in [0.25, 0.3) is 10.9 Å². The molecule has 0 unspecified atom stereocenters. The van der Waals surface area contributed by atoms with Gasteiger partial charge in [-0.3, -0.25) is 4.79 Å². The molecule has 140 valence electrons. The zero-order valence-corrected chi connectivity index (χ0v) is 16.4. The van der Waals surface area contributed by atoms with E-state index in [1.165, 1.54) is 4.88 Å². The van der Waals surface area contributed by atoms with Crippen molar-refractivity contribution in [3.05, 3.63) is 56.5 Å². The van der Waals surface area contributed by atoms with Crippen molar-refractivity contribution >= 4 is 39.6 Å². The molecule has 2 aromatic heterocycles. The predicted molar refractivity (Wildman–Crippen MR) is 111 cm³/mol. The molecule has 0 bridgehead atoms. The molecule has 1 aromatic carbocycles. The summed E-state index contributed by atoms with van der Waals surface area (Å²) >= 11 is 7.11. The highest BCUT2D eigenvalue weighted by molar-refractivity contribution is 7.80. The van der Waals surface area contributed by atoms with Gasteiger partial charge < -0.3 is 24.7 Å². The summed E-state index contributed by atoms with van der Waals surface area (Å²) in [5.74, 6) is 1.36. The first-order valence-corrected chi connectivity index (χ1v) is 9.87. The van der Waals surface area contributed by atoms with Gasteiger partial charge in [-0.1, -0.05) is 6.07 Å². The summed E-state index contributed by atoms with van der Waals surface area (Å²) in [7, 11) is 1.79. The van der Waals surface area contributed by atoms with Crippen LogP contribution in [0.3, 0.4) is 0 Å². The van der Waals surface area contributed by atoms with E-state index in [0.717, 1.165) is 10.9 Å². The smallest absolute Gasteiger partial charge is 0.253 e. The van der Waals surface area contributed by atoms with Crippen molar-refractivity contribution in [2.45, 2.75) is 13.1 Å². The van der Waals surface area contributed by atoms with Crippen LogP contribution in [0.1, 0.15) is 10.4 Å². The highest BCUT2D eigenvalue weighted by Gasteiger charge is 2.16. The fraction of sp³-hybridized carbons (Fsp3) is 0.263. The number of aromatic amines is 1. The van der Waals surface area contributed by atoms with E-state index in [1.54, 1.807) is 18.4 Å².